The summed E-state index contributed by atoms with van der Waals surface area (Å²) in [7, 11) is 1.88. The van der Waals surface area contributed by atoms with Gasteiger partial charge < -0.3 is 5.32 Å². The van der Waals surface area contributed by atoms with Crippen LogP contribution in [0.4, 0.5) is 4.39 Å². The van der Waals surface area contributed by atoms with E-state index in [1.807, 2.05) is 37.1 Å². The van der Waals surface area contributed by atoms with Gasteiger partial charge in [-0.05, 0) is 48.0 Å². The molecule has 0 aliphatic carbocycles. The second-order valence-corrected chi connectivity index (χ2v) is 6.66. The van der Waals surface area contributed by atoms with Gasteiger partial charge in [-0.3, -0.25) is 9.69 Å². The fraction of sp³-hybridized carbons (Fsp3) is 0.227. The van der Waals surface area contributed by atoms with Gasteiger partial charge in [-0.1, -0.05) is 54.6 Å². The maximum atomic E-state index is 13.0. The normalized spacial score (nSPS) is 12.3. The lowest BCUT2D eigenvalue weighted by Crippen LogP contribution is -2.36. The van der Waals surface area contributed by atoms with Gasteiger partial charge in [0, 0.05) is 6.54 Å². The monoisotopic (exact) mass is 350 g/mol. The summed E-state index contributed by atoms with van der Waals surface area (Å²) in [5.41, 5.74) is 2.08. The molecule has 134 valence electrons. The minimum atomic E-state index is -0.252. The van der Waals surface area contributed by atoms with Gasteiger partial charge in [0.2, 0.25) is 5.91 Å². The van der Waals surface area contributed by atoms with Crippen molar-refractivity contribution < 1.29 is 9.18 Å². The molecule has 0 aliphatic rings. The Morgan fingerprint density at radius 1 is 1.04 bits per heavy atom. The van der Waals surface area contributed by atoms with Gasteiger partial charge in [0.25, 0.3) is 0 Å². The van der Waals surface area contributed by atoms with Gasteiger partial charge in [0.15, 0.2) is 0 Å². The zero-order chi connectivity index (χ0) is 18.5. The van der Waals surface area contributed by atoms with E-state index in [-0.39, 0.29) is 24.3 Å². The van der Waals surface area contributed by atoms with E-state index in [2.05, 4.69) is 29.6 Å². The SMILES string of the molecule is C[C@@H](NC(=O)CN(C)Cc1ccc(F)cc1)c1cccc2ccccc12. The average molecular weight is 350 g/mol. The fourth-order valence-electron chi connectivity index (χ4n) is 3.20. The highest BCUT2D eigenvalue weighted by molar-refractivity contribution is 5.87. The van der Waals surface area contributed by atoms with Crippen LogP contribution in [0.15, 0.2) is 66.7 Å². The summed E-state index contributed by atoms with van der Waals surface area (Å²) in [6, 6.07) is 20.6. The molecule has 3 rings (SSSR count). The molecule has 0 aliphatic heterocycles. The van der Waals surface area contributed by atoms with Crippen LogP contribution in [-0.4, -0.2) is 24.4 Å². The first kappa shape index (κ1) is 18.1. The molecule has 3 aromatic rings. The molecule has 0 saturated heterocycles. The molecule has 0 unspecified atom stereocenters. The minimum Gasteiger partial charge on any atom is -0.348 e. The molecule has 0 spiro atoms. The van der Waals surface area contributed by atoms with Gasteiger partial charge in [0.1, 0.15) is 5.82 Å². The average Bonchev–Trinajstić information content (AvgIpc) is 2.63. The number of amides is 1. The zero-order valence-electron chi connectivity index (χ0n) is 15.1. The number of hydrogen-bond acceptors (Lipinski definition) is 2. The van der Waals surface area contributed by atoms with E-state index in [0.29, 0.717) is 6.54 Å². The molecule has 3 nitrogen and oxygen atoms in total. The largest absolute Gasteiger partial charge is 0.348 e. The molecule has 1 N–H and O–H groups in total. The van der Waals surface area contributed by atoms with Crippen LogP contribution in [0.2, 0.25) is 0 Å². The van der Waals surface area contributed by atoms with Crippen LogP contribution < -0.4 is 5.32 Å². The topological polar surface area (TPSA) is 32.3 Å². The molecule has 0 heterocycles. The number of benzene rings is 3. The third-order valence-corrected chi connectivity index (χ3v) is 4.45. The van der Waals surface area contributed by atoms with Crippen molar-refractivity contribution in [3.8, 4) is 0 Å². The van der Waals surface area contributed by atoms with Crippen molar-refractivity contribution in [1.82, 2.24) is 10.2 Å². The van der Waals surface area contributed by atoms with Crippen molar-refractivity contribution in [1.29, 1.82) is 0 Å². The maximum Gasteiger partial charge on any atom is 0.234 e. The Bertz CT molecular complexity index is 887. The molecule has 1 amide bonds. The molecular weight excluding hydrogens is 327 g/mol. The first-order valence-corrected chi connectivity index (χ1v) is 8.73. The van der Waals surface area contributed by atoms with E-state index in [1.165, 1.54) is 17.5 Å². The zero-order valence-corrected chi connectivity index (χ0v) is 15.1. The maximum absolute atomic E-state index is 13.0. The fourth-order valence-corrected chi connectivity index (χ4v) is 3.20. The highest BCUT2D eigenvalue weighted by atomic mass is 19.1. The molecule has 4 heteroatoms. The van der Waals surface area contributed by atoms with Crippen molar-refractivity contribution in [2.75, 3.05) is 13.6 Å². The number of carbonyl (C=O) groups excluding carboxylic acids is 1. The summed E-state index contributed by atoms with van der Waals surface area (Å²) in [6.45, 7) is 2.88. The highest BCUT2D eigenvalue weighted by Crippen LogP contribution is 2.23. The lowest BCUT2D eigenvalue weighted by Gasteiger charge is -2.20. The van der Waals surface area contributed by atoms with Gasteiger partial charge in [-0.25, -0.2) is 4.39 Å². The third kappa shape index (κ3) is 4.46. The van der Waals surface area contributed by atoms with E-state index >= 15 is 0 Å². The predicted octanol–water partition coefficient (Wildman–Crippen LogP) is 4.29. The Morgan fingerprint density at radius 3 is 2.50 bits per heavy atom. The summed E-state index contributed by atoms with van der Waals surface area (Å²) >= 11 is 0. The Hall–Kier alpha value is -2.72. The van der Waals surface area contributed by atoms with Gasteiger partial charge in [0.05, 0.1) is 12.6 Å². The summed E-state index contributed by atoms with van der Waals surface area (Å²) in [6.07, 6.45) is 0. The van der Waals surface area contributed by atoms with E-state index in [9.17, 15) is 9.18 Å². The summed E-state index contributed by atoms with van der Waals surface area (Å²) < 4.78 is 13.0. The first-order chi connectivity index (χ1) is 12.5. The Kier molecular flexibility index (Phi) is 5.64. The van der Waals surface area contributed by atoms with Gasteiger partial charge in [-0.2, -0.15) is 0 Å². The van der Waals surface area contributed by atoms with Crippen molar-refractivity contribution in [3.05, 3.63) is 83.7 Å². The molecule has 3 aromatic carbocycles. The molecular formula is C22H23FN2O. The summed E-state index contributed by atoms with van der Waals surface area (Å²) in [5.74, 6) is -0.284. The number of hydrogen-bond donors (Lipinski definition) is 1. The van der Waals surface area contributed by atoms with Crippen molar-refractivity contribution in [3.63, 3.8) is 0 Å². The van der Waals surface area contributed by atoms with E-state index < -0.39 is 0 Å². The van der Waals surface area contributed by atoms with Crippen LogP contribution in [0, 0.1) is 5.82 Å². The van der Waals surface area contributed by atoms with Gasteiger partial charge >= 0.3 is 0 Å². The lowest BCUT2D eigenvalue weighted by atomic mass is 10.00. The number of halogens is 1. The number of rotatable bonds is 6. The third-order valence-electron chi connectivity index (χ3n) is 4.45. The van der Waals surface area contributed by atoms with Crippen LogP contribution in [0.3, 0.4) is 0 Å². The Morgan fingerprint density at radius 2 is 1.73 bits per heavy atom. The summed E-state index contributed by atoms with van der Waals surface area (Å²) in [4.78, 5) is 14.3. The van der Waals surface area contributed by atoms with Crippen LogP contribution in [0.5, 0.6) is 0 Å². The number of nitrogens with zero attached hydrogens (tertiary/aromatic N) is 1. The summed E-state index contributed by atoms with van der Waals surface area (Å²) in [5, 5.41) is 5.39. The smallest absolute Gasteiger partial charge is 0.234 e. The predicted molar refractivity (Wildman–Crippen MR) is 103 cm³/mol. The number of fused-ring (bicyclic) bond motifs is 1. The Balaban J connectivity index is 1.61. The highest BCUT2D eigenvalue weighted by Gasteiger charge is 2.14. The molecule has 0 aromatic heterocycles. The first-order valence-electron chi connectivity index (χ1n) is 8.73. The second kappa shape index (κ2) is 8.11. The van der Waals surface area contributed by atoms with Crippen LogP contribution in [-0.2, 0) is 11.3 Å². The van der Waals surface area contributed by atoms with Crippen LogP contribution >= 0.6 is 0 Å². The van der Waals surface area contributed by atoms with Gasteiger partial charge in [-0.15, -0.1) is 0 Å². The molecule has 0 saturated carbocycles. The quantitative estimate of drug-likeness (QED) is 0.719. The minimum absolute atomic E-state index is 0.0324. The second-order valence-electron chi connectivity index (χ2n) is 6.66. The van der Waals surface area contributed by atoms with Crippen molar-refractivity contribution >= 4 is 16.7 Å². The number of likely N-dealkylation sites (N-methyl/N-ethyl adjacent to an activating group) is 1. The van der Waals surface area contributed by atoms with Crippen LogP contribution in [0.25, 0.3) is 10.8 Å². The number of carbonyl (C=O) groups is 1. The van der Waals surface area contributed by atoms with E-state index in [1.54, 1.807) is 12.1 Å². The molecule has 0 bridgehead atoms. The Labute approximate surface area is 153 Å². The van der Waals surface area contributed by atoms with Crippen molar-refractivity contribution in [2.24, 2.45) is 0 Å². The number of nitrogens with one attached hydrogen (secondary N) is 1. The standard InChI is InChI=1S/C22H23FN2O/c1-16(20-9-5-7-18-6-3-4-8-21(18)20)24-22(26)15-25(2)14-17-10-12-19(23)13-11-17/h3-13,16H,14-15H2,1-2H3,(H,24,26)/t16-/m1/s1. The van der Waals surface area contributed by atoms with E-state index in [0.717, 1.165) is 16.5 Å². The molecule has 26 heavy (non-hydrogen) atoms. The molecule has 0 fully saturated rings. The lowest BCUT2D eigenvalue weighted by molar-refractivity contribution is -0.122. The van der Waals surface area contributed by atoms with Crippen LogP contribution in [0.1, 0.15) is 24.1 Å². The van der Waals surface area contributed by atoms with E-state index in [4.69, 9.17) is 0 Å². The molecule has 1 atom stereocenters. The molecule has 0 radical (unpaired) electrons. The van der Waals surface area contributed by atoms with Crippen molar-refractivity contribution in [2.45, 2.75) is 19.5 Å².